The van der Waals surface area contributed by atoms with Crippen molar-refractivity contribution in [2.45, 2.75) is 58.4 Å². The van der Waals surface area contributed by atoms with Crippen LogP contribution in [0.2, 0.25) is 6.32 Å². The van der Waals surface area contributed by atoms with Crippen molar-refractivity contribution in [1.29, 1.82) is 0 Å². The normalized spacial score (nSPS) is 18.2. The molecular formula is C21H29BO3. The Balaban J connectivity index is 2.05. The number of allylic oxidation sites excluding steroid dienone is 2. The van der Waals surface area contributed by atoms with Crippen molar-refractivity contribution in [3.8, 4) is 5.75 Å². The number of phenolic OH excluding ortho intramolecular Hbond substituents is 1. The third-order valence-electron chi connectivity index (χ3n) is 4.61. The van der Waals surface area contributed by atoms with Crippen LogP contribution in [-0.4, -0.2) is 23.4 Å². The lowest BCUT2D eigenvalue weighted by Gasteiger charge is -2.28. The van der Waals surface area contributed by atoms with E-state index in [0.29, 0.717) is 6.32 Å². The van der Waals surface area contributed by atoms with E-state index in [1.54, 1.807) is 12.1 Å². The Labute approximate surface area is 151 Å². The van der Waals surface area contributed by atoms with E-state index in [2.05, 4.69) is 32.6 Å². The highest BCUT2D eigenvalue weighted by molar-refractivity contribution is 6.43. The first-order chi connectivity index (χ1) is 12.0. The SMILES string of the molecule is C=C(CCC)C1=CCB(O)OC1CC/C(=C/c1ccc(O)cc1)CC. The molecule has 0 saturated carbocycles. The van der Waals surface area contributed by atoms with Gasteiger partial charge in [0.2, 0.25) is 0 Å². The van der Waals surface area contributed by atoms with Gasteiger partial charge in [-0.15, -0.1) is 0 Å². The van der Waals surface area contributed by atoms with Gasteiger partial charge in [0.25, 0.3) is 0 Å². The Bertz CT molecular complexity index is 631. The van der Waals surface area contributed by atoms with E-state index in [1.165, 1.54) is 5.57 Å². The van der Waals surface area contributed by atoms with Crippen LogP contribution in [0, 0.1) is 0 Å². The average molecular weight is 340 g/mol. The van der Waals surface area contributed by atoms with Crippen LogP contribution in [0.25, 0.3) is 6.08 Å². The summed E-state index contributed by atoms with van der Waals surface area (Å²) in [6, 6.07) is 7.24. The molecule has 0 saturated heterocycles. The minimum atomic E-state index is -0.714. The molecule has 0 bridgehead atoms. The molecule has 25 heavy (non-hydrogen) atoms. The summed E-state index contributed by atoms with van der Waals surface area (Å²) in [6.07, 6.45) is 9.45. The molecule has 1 aliphatic rings. The number of hydrogen-bond acceptors (Lipinski definition) is 3. The maximum Gasteiger partial charge on any atom is 0.458 e. The Morgan fingerprint density at radius 2 is 2.00 bits per heavy atom. The Kier molecular flexibility index (Phi) is 7.54. The molecule has 1 heterocycles. The maximum atomic E-state index is 9.86. The van der Waals surface area contributed by atoms with Crippen molar-refractivity contribution >= 4 is 13.2 Å². The van der Waals surface area contributed by atoms with Crippen molar-refractivity contribution in [1.82, 2.24) is 0 Å². The molecule has 3 nitrogen and oxygen atoms in total. The smallest absolute Gasteiger partial charge is 0.458 e. The molecule has 1 atom stereocenters. The predicted molar refractivity (Wildman–Crippen MR) is 105 cm³/mol. The van der Waals surface area contributed by atoms with Crippen molar-refractivity contribution in [3.05, 3.63) is 59.2 Å². The third kappa shape index (κ3) is 5.91. The lowest BCUT2D eigenvalue weighted by molar-refractivity contribution is 0.182. The molecule has 2 N–H and O–H groups in total. The van der Waals surface area contributed by atoms with E-state index in [1.807, 2.05) is 12.1 Å². The molecule has 134 valence electrons. The van der Waals surface area contributed by atoms with Gasteiger partial charge in [0, 0.05) is 6.32 Å². The summed E-state index contributed by atoms with van der Waals surface area (Å²) in [5.74, 6) is 0.281. The van der Waals surface area contributed by atoms with Crippen molar-refractivity contribution in [2.24, 2.45) is 0 Å². The molecule has 1 aliphatic heterocycles. The number of benzene rings is 1. The van der Waals surface area contributed by atoms with Gasteiger partial charge in [0.05, 0.1) is 6.10 Å². The number of rotatable bonds is 8. The van der Waals surface area contributed by atoms with Crippen LogP contribution >= 0.6 is 0 Å². The molecule has 0 fully saturated rings. The summed E-state index contributed by atoms with van der Waals surface area (Å²) in [4.78, 5) is 0. The third-order valence-corrected chi connectivity index (χ3v) is 4.61. The first-order valence-corrected chi connectivity index (χ1v) is 9.23. The quantitative estimate of drug-likeness (QED) is 0.645. The lowest BCUT2D eigenvalue weighted by Crippen LogP contribution is -2.31. The van der Waals surface area contributed by atoms with E-state index in [-0.39, 0.29) is 11.9 Å². The van der Waals surface area contributed by atoms with Gasteiger partial charge < -0.3 is 14.8 Å². The van der Waals surface area contributed by atoms with Gasteiger partial charge >= 0.3 is 7.12 Å². The van der Waals surface area contributed by atoms with E-state index in [9.17, 15) is 10.1 Å². The van der Waals surface area contributed by atoms with Crippen LogP contribution in [0.4, 0.5) is 0 Å². The number of hydrogen-bond donors (Lipinski definition) is 2. The summed E-state index contributed by atoms with van der Waals surface area (Å²) in [6.45, 7) is 8.49. The van der Waals surface area contributed by atoms with Gasteiger partial charge in [-0.1, -0.05) is 56.7 Å². The molecule has 0 radical (unpaired) electrons. The molecule has 0 spiro atoms. The minimum absolute atomic E-state index is 0.0856. The minimum Gasteiger partial charge on any atom is -0.508 e. The van der Waals surface area contributed by atoms with Crippen LogP contribution in [0.1, 0.15) is 51.5 Å². The van der Waals surface area contributed by atoms with Gasteiger partial charge in [0.15, 0.2) is 0 Å². The molecule has 1 aromatic carbocycles. The summed E-state index contributed by atoms with van der Waals surface area (Å²) >= 11 is 0. The molecule has 0 amide bonds. The second kappa shape index (κ2) is 9.64. The highest BCUT2D eigenvalue weighted by atomic mass is 16.5. The van der Waals surface area contributed by atoms with Crippen molar-refractivity contribution < 1.29 is 14.8 Å². The molecule has 1 unspecified atom stereocenters. The molecule has 2 rings (SSSR count). The fourth-order valence-corrected chi connectivity index (χ4v) is 3.19. The largest absolute Gasteiger partial charge is 0.508 e. The zero-order chi connectivity index (χ0) is 18.2. The Hall–Kier alpha value is -1.78. The van der Waals surface area contributed by atoms with Gasteiger partial charge in [0.1, 0.15) is 5.75 Å². The van der Waals surface area contributed by atoms with E-state index < -0.39 is 7.12 Å². The van der Waals surface area contributed by atoms with Crippen LogP contribution in [-0.2, 0) is 4.65 Å². The first kappa shape index (κ1) is 19.5. The van der Waals surface area contributed by atoms with Crippen LogP contribution in [0.15, 0.2) is 53.6 Å². The lowest BCUT2D eigenvalue weighted by atomic mass is 9.77. The Morgan fingerprint density at radius 3 is 2.64 bits per heavy atom. The standard InChI is InChI=1S/C21H29BO3/c1-4-6-16(3)20-13-14-22(24)25-21(20)12-9-17(5-2)15-18-7-10-19(23)11-8-18/h7-8,10-11,13,15,21,23-24H,3-6,9,12,14H2,1-2H3/b17-15+. The molecular weight excluding hydrogens is 311 g/mol. The van der Waals surface area contributed by atoms with Gasteiger partial charge in [-0.25, -0.2) is 0 Å². The molecule has 1 aromatic rings. The summed E-state index contributed by atoms with van der Waals surface area (Å²) in [7, 11) is -0.714. The fourth-order valence-electron chi connectivity index (χ4n) is 3.19. The second-order valence-electron chi connectivity index (χ2n) is 6.61. The Morgan fingerprint density at radius 1 is 1.28 bits per heavy atom. The zero-order valence-corrected chi connectivity index (χ0v) is 15.4. The molecule has 0 aromatic heterocycles. The van der Waals surface area contributed by atoms with Crippen LogP contribution in [0.3, 0.4) is 0 Å². The molecule has 0 aliphatic carbocycles. The number of phenols is 1. The highest BCUT2D eigenvalue weighted by Gasteiger charge is 2.27. The van der Waals surface area contributed by atoms with Crippen LogP contribution in [0.5, 0.6) is 5.75 Å². The van der Waals surface area contributed by atoms with E-state index >= 15 is 0 Å². The maximum absolute atomic E-state index is 9.86. The monoisotopic (exact) mass is 340 g/mol. The summed E-state index contributed by atoms with van der Waals surface area (Å²) < 4.78 is 5.79. The fraction of sp³-hybridized carbons (Fsp3) is 0.429. The topological polar surface area (TPSA) is 49.7 Å². The molecule has 4 heteroatoms. The van der Waals surface area contributed by atoms with Gasteiger partial charge in [-0.05, 0) is 54.5 Å². The van der Waals surface area contributed by atoms with Gasteiger partial charge in [-0.3, -0.25) is 0 Å². The predicted octanol–water partition coefficient (Wildman–Crippen LogP) is 5.13. The zero-order valence-electron chi connectivity index (χ0n) is 15.4. The average Bonchev–Trinajstić information content (AvgIpc) is 2.60. The van der Waals surface area contributed by atoms with Crippen molar-refractivity contribution in [2.75, 3.05) is 0 Å². The highest BCUT2D eigenvalue weighted by Crippen LogP contribution is 2.30. The van der Waals surface area contributed by atoms with Gasteiger partial charge in [-0.2, -0.15) is 0 Å². The second-order valence-corrected chi connectivity index (χ2v) is 6.61. The van der Waals surface area contributed by atoms with E-state index in [0.717, 1.165) is 48.8 Å². The van der Waals surface area contributed by atoms with Crippen molar-refractivity contribution in [3.63, 3.8) is 0 Å². The van der Waals surface area contributed by atoms with E-state index in [4.69, 9.17) is 4.65 Å². The van der Waals surface area contributed by atoms with Crippen LogP contribution < -0.4 is 0 Å². The summed E-state index contributed by atoms with van der Waals surface area (Å²) in [5.41, 5.74) is 4.70. The first-order valence-electron chi connectivity index (χ1n) is 9.23. The number of aromatic hydroxyl groups is 1. The summed E-state index contributed by atoms with van der Waals surface area (Å²) in [5, 5.41) is 19.3.